The Kier molecular flexibility index (Phi) is 7.42. The van der Waals surface area contributed by atoms with Gasteiger partial charge in [-0.05, 0) is 76.3 Å². The molecule has 0 bridgehead atoms. The van der Waals surface area contributed by atoms with Crippen LogP contribution < -0.4 is 0 Å². The zero-order valence-corrected chi connectivity index (χ0v) is 16.8. The van der Waals surface area contributed by atoms with Crippen molar-refractivity contribution in [2.24, 2.45) is 5.92 Å². The molecule has 2 rings (SSSR count). The van der Waals surface area contributed by atoms with Crippen LogP contribution in [0.5, 0.6) is 0 Å². The summed E-state index contributed by atoms with van der Waals surface area (Å²) >= 11 is 1.77. The predicted molar refractivity (Wildman–Crippen MR) is 107 cm³/mol. The topological polar surface area (TPSA) is 29.5 Å². The second-order valence-electron chi connectivity index (χ2n) is 7.66. The molecule has 0 N–H and O–H groups in total. The van der Waals surface area contributed by atoms with Crippen LogP contribution in [0.3, 0.4) is 0 Å². The van der Waals surface area contributed by atoms with E-state index >= 15 is 0 Å². The van der Waals surface area contributed by atoms with E-state index in [-0.39, 0.29) is 6.09 Å². The molecular formula is C21H31NO2S. The van der Waals surface area contributed by atoms with Crippen molar-refractivity contribution in [3.05, 3.63) is 35.9 Å². The summed E-state index contributed by atoms with van der Waals surface area (Å²) in [7, 11) is 0. The summed E-state index contributed by atoms with van der Waals surface area (Å²) in [4.78, 5) is 15.2. The molecule has 0 spiro atoms. The maximum Gasteiger partial charge on any atom is 0.410 e. The Hall–Kier alpha value is -1.42. The minimum absolute atomic E-state index is 0.167. The van der Waals surface area contributed by atoms with Gasteiger partial charge in [-0.3, -0.25) is 0 Å². The third-order valence-electron chi connectivity index (χ3n) is 4.43. The van der Waals surface area contributed by atoms with Gasteiger partial charge in [0, 0.05) is 18.0 Å². The van der Waals surface area contributed by atoms with Gasteiger partial charge < -0.3 is 9.64 Å². The van der Waals surface area contributed by atoms with Gasteiger partial charge in [-0.2, -0.15) is 0 Å². The maximum atomic E-state index is 12.1. The van der Waals surface area contributed by atoms with Crippen LogP contribution in [0.1, 0.15) is 52.0 Å². The van der Waals surface area contributed by atoms with Crippen molar-refractivity contribution >= 4 is 23.9 Å². The van der Waals surface area contributed by atoms with Crippen molar-refractivity contribution in [2.75, 3.05) is 19.3 Å². The van der Waals surface area contributed by atoms with Crippen LogP contribution >= 0.6 is 11.8 Å². The molecule has 1 aliphatic rings. The Bertz CT molecular complexity index is 567. The first kappa shape index (κ1) is 19.9. The number of piperidine rings is 1. The molecule has 1 saturated heterocycles. The van der Waals surface area contributed by atoms with Crippen LogP contribution in [-0.4, -0.2) is 35.9 Å². The zero-order chi connectivity index (χ0) is 18.3. The number of rotatable bonds is 5. The number of carbonyl (C=O) groups excluding carboxylic acids is 1. The summed E-state index contributed by atoms with van der Waals surface area (Å²) in [6.45, 7) is 7.38. The predicted octanol–water partition coefficient (Wildman–Crippen LogP) is 5.85. The first-order valence-corrected chi connectivity index (χ1v) is 10.4. The summed E-state index contributed by atoms with van der Waals surface area (Å²) < 4.78 is 5.45. The number of hydrogen-bond acceptors (Lipinski definition) is 3. The van der Waals surface area contributed by atoms with Gasteiger partial charge in [-0.1, -0.05) is 24.3 Å². The number of amides is 1. The highest BCUT2D eigenvalue weighted by Gasteiger charge is 2.26. The minimum atomic E-state index is -0.410. The summed E-state index contributed by atoms with van der Waals surface area (Å²) in [5.41, 5.74) is 0.852. The largest absolute Gasteiger partial charge is 0.444 e. The lowest BCUT2D eigenvalue weighted by molar-refractivity contribution is 0.0181. The Morgan fingerprint density at radius 1 is 1.24 bits per heavy atom. The van der Waals surface area contributed by atoms with Crippen LogP contribution in [-0.2, 0) is 4.74 Å². The number of benzene rings is 1. The molecule has 1 fully saturated rings. The van der Waals surface area contributed by atoms with Gasteiger partial charge in [-0.15, -0.1) is 11.8 Å². The van der Waals surface area contributed by atoms with E-state index in [1.54, 1.807) is 11.8 Å². The monoisotopic (exact) mass is 361 g/mol. The van der Waals surface area contributed by atoms with E-state index in [4.69, 9.17) is 4.74 Å². The molecule has 1 amide bonds. The summed E-state index contributed by atoms with van der Waals surface area (Å²) in [6.07, 6.45) is 10.9. The Balaban J connectivity index is 1.68. The van der Waals surface area contributed by atoms with E-state index in [9.17, 15) is 4.79 Å². The average molecular weight is 362 g/mol. The number of carbonyl (C=O) groups is 1. The van der Waals surface area contributed by atoms with Gasteiger partial charge in [0.2, 0.25) is 0 Å². The van der Waals surface area contributed by atoms with Crippen LogP contribution in [0.15, 0.2) is 35.2 Å². The van der Waals surface area contributed by atoms with Crippen LogP contribution in [0.25, 0.3) is 6.08 Å². The number of thioether (sulfide) groups is 1. The first-order valence-electron chi connectivity index (χ1n) is 9.16. The third kappa shape index (κ3) is 7.15. The smallest absolute Gasteiger partial charge is 0.410 e. The molecule has 1 aromatic rings. The fraction of sp³-hybridized carbons (Fsp3) is 0.571. The molecule has 1 aromatic carbocycles. The molecule has 0 aliphatic carbocycles. The Morgan fingerprint density at radius 2 is 1.88 bits per heavy atom. The fourth-order valence-electron chi connectivity index (χ4n) is 3.00. The first-order chi connectivity index (χ1) is 11.9. The molecule has 0 aromatic heterocycles. The lowest BCUT2D eigenvalue weighted by atomic mass is 9.92. The number of ether oxygens (including phenoxy) is 1. The van der Waals surface area contributed by atoms with Gasteiger partial charge in [-0.25, -0.2) is 4.79 Å². The number of hydrogen-bond donors (Lipinski definition) is 0. The highest BCUT2D eigenvalue weighted by Crippen LogP contribution is 2.24. The molecule has 3 nitrogen and oxygen atoms in total. The highest BCUT2D eigenvalue weighted by atomic mass is 32.2. The van der Waals surface area contributed by atoms with Crippen molar-refractivity contribution in [1.82, 2.24) is 4.90 Å². The lowest BCUT2D eigenvalue weighted by Crippen LogP contribution is -2.41. The summed E-state index contributed by atoms with van der Waals surface area (Å²) in [5.74, 6) is 0.710. The molecule has 4 heteroatoms. The number of allylic oxidation sites excluding steroid dienone is 1. The highest BCUT2D eigenvalue weighted by molar-refractivity contribution is 7.98. The van der Waals surface area contributed by atoms with Gasteiger partial charge in [0.15, 0.2) is 0 Å². The average Bonchev–Trinajstić information content (AvgIpc) is 2.58. The van der Waals surface area contributed by atoms with E-state index in [0.29, 0.717) is 5.92 Å². The van der Waals surface area contributed by atoms with E-state index in [2.05, 4.69) is 42.7 Å². The quantitative estimate of drug-likeness (QED) is 0.616. The second-order valence-corrected chi connectivity index (χ2v) is 8.54. The molecular weight excluding hydrogens is 330 g/mol. The number of nitrogens with zero attached hydrogens (tertiary/aromatic N) is 1. The van der Waals surface area contributed by atoms with Gasteiger partial charge >= 0.3 is 6.09 Å². The standard InChI is InChI=1S/C21H31NO2S/c1-21(2,3)24-20(23)22-15-13-18(14-16-22)8-6-5-7-17-9-11-19(25-4)12-10-17/h5,7,9-12,18H,6,8,13-16H2,1-4H3. The second kappa shape index (κ2) is 9.33. The molecule has 0 unspecified atom stereocenters. The van der Waals surface area contributed by atoms with Crippen molar-refractivity contribution in [3.8, 4) is 0 Å². The van der Waals surface area contributed by atoms with Crippen molar-refractivity contribution in [3.63, 3.8) is 0 Å². The maximum absolute atomic E-state index is 12.1. The molecule has 0 atom stereocenters. The van der Waals surface area contributed by atoms with Crippen molar-refractivity contribution in [2.45, 2.75) is 57.0 Å². The minimum Gasteiger partial charge on any atom is -0.444 e. The Morgan fingerprint density at radius 3 is 2.44 bits per heavy atom. The van der Waals surface area contributed by atoms with Gasteiger partial charge in [0.05, 0.1) is 0 Å². The van der Waals surface area contributed by atoms with Crippen LogP contribution in [0, 0.1) is 5.92 Å². The molecule has 1 heterocycles. The van der Waals surface area contributed by atoms with E-state index in [1.165, 1.54) is 16.9 Å². The van der Waals surface area contributed by atoms with E-state index in [1.807, 2.05) is 25.7 Å². The molecule has 0 saturated carbocycles. The summed E-state index contributed by atoms with van der Waals surface area (Å²) in [5, 5.41) is 0. The fourth-order valence-corrected chi connectivity index (χ4v) is 3.41. The van der Waals surface area contributed by atoms with Crippen molar-refractivity contribution < 1.29 is 9.53 Å². The number of likely N-dealkylation sites (tertiary alicyclic amines) is 1. The Labute approximate surface area is 156 Å². The molecule has 138 valence electrons. The van der Waals surface area contributed by atoms with Gasteiger partial charge in [0.25, 0.3) is 0 Å². The van der Waals surface area contributed by atoms with Gasteiger partial charge in [0.1, 0.15) is 5.60 Å². The van der Waals surface area contributed by atoms with E-state index < -0.39 is 5.60 Å². The van der Waals surface area contributed by atoms with Crippen LogP contribution in [0.4, 0.5) is 4.79 Å². The SMILES string of the molecule is CSc1ccc(C=CCCC2CCN(C(=O)OC(C)(C)C)CC2)cc1. The molecule has 25 heavy (non-hydrogen) atoms. The third-order valence-corrected chi connectivity index (χ3v) is 5.18. The van der Waals surface area contributed by atoms with Crippen molar-refractivity contribution in [1.29, 1.82) is 0 Å². The molecule has 0 radical (unpaired) electrons. The van der Waals surface area contributed by atoms with E-state index in [0.717, 1.165) is 32.4 Å². The normalized spacial score (nSPS) is 16.4. The van der Waals surface area contributed by atoms with Crippen LogP contribution in [0.2, 0.25) is 0 Å². The zero-order valence-electron chi connectivity index (χ0n) is 16.0. The summed E-state index contributed by atoms with van der Waals surface area (Å²) in [6, 6.07) is 8.66. The molecule has 1 aliphatic heterocycles. The lowest BCUT2D eigenvalue weighted by Gasteiger charge is -2.33.